The summed E-state index contributed by atoms with van der Waals surface area (Å²) in [7, 11) is 6.25. The van der Waals surface area contributed by atoms with Gasteiger partial charge >= 0.3 is 5.97 Å². The van der Waals surface area contributed by atoms with E-state index in [4.69, 9.17) is 21.1 Å². The Hall–Kier alpha value is -3.09. The Morgan fingerprint density at radius 1 is 1.25 bits per heavy atom. The fourth-order valence-corrected chi connectivity index (χ4v) is 5.37. The highest BCUT2D eigenvalue weighted by Gasteiger charge is 2.27. The molecular weight excluding hydrogens is 526 g/mol. The molecule has 0 saturated carbocycles. The maximum atomic E-state index is 12.7. The second-order valence-electron chi connectivity index (χ2n) is 7.88. The van der Waals surface area contributed by atoms with Crippen LogP contribution in [0.25, 0.3) is 0 Å². The van der Waals surface area contributed by atoms with E-state index in [1.165, 1.54) is 23.8 Å². The van der Waals surface area contributed by atoms with Crippen molar-refractivity contribution in [3.8, 4) is 5.75 Å². The highest BCUT2D eigenvalue weighted by Crippen LogP contribution is 2.35. The molecule has 0 spiro atoms. The summed E-state index contributed by atoms with van der Waals surface area (Å²) in [4.78, 5) is 39.3. The summed E-state index contributed by atoms with van der Waals surface area (Å²) >= 11 is 8.38. The number of ether oxygens (including phenoxy) is 2. The van der Waals surface area contributed by atoms with E-state index in [0.29, 0.717) is 32.2 Å². The van der Waals surface area contributed by atoms with Crippen LogP contribution in [-0.2, 0) is 16.6 Å². The predicted molar refractivity (Wildman–Crippen MR) is 139 cm³/mol. The van der Waals surface area contributed by atoms with Gasteiger partial charge in [-0.25, -0.2) is 4.79 Å². The highest BCUT2D eigenvalue weighted by atomic mass is 35.5. The lowest BCUT2D eigenvalue weighted by Crippen LogP contribution is -2.21. The molecule has 10 nitrogen and oxygen atoms in total. The minimum Gasteiger partial charge on any atom is -0.481 e. The molecule has 0 fully saturated rings. The zero-order valence-electron chi connectivity index (χ0n) is 20.6. The molecule has 0 aliphatic carbocycles. The summed E-state index contributed by atoms with van der Waals surface area (Å²) < 4.78 is 12.5. The molecule has 1 N–H and O–H groups in total. The molecule has 3 rings (SSSR count). The van der Waals surface area contributed by atoms with E-state index in [-0.39, 0.29) is 28.1 Å². The van der Waals surface area contributed by atoms with Crippen LogP contribution in [0.5, 0.6) is 5.75 Å². The zero-order chi connectivity index (χ0) is 26.6. The van der Waals surface area contributed by atoms with Crippen LogP contribution in [0.2, 0.25) is 5.02 Å². The molecule has 0 saturated heterocycles. The van der Waals surface area contributed by atoms with Crippen LogP contribution < -0.4 is 10.1 Å². The first-order valence-electron chi connectivity index (χ1n) is 10.7. The SMILES string of the molecule is COC(=O)c1c(NC(=O)CSc2nnc(C(C)Oc3ccccc3Cl)n2C)sc(C(=O)N(C)C)c1C. The first-order chi connectivity index (χ1) is 17.0. The number of nitrogens with one attached hydrogen (secondary N) is 1. The number of esters is 1. The number of benzene rings is 1. The van der Waals surface area contributed by atoms with Gasteiger partial charge in [-0.15, -0.1) is 21.5 Å². The molecule has 1 atom stereocenters. The summed E-state index contributed by atoms with van der Waals surface area (Å²) in [5, 5.41) is 12.3. The third kappa shape index (κ3) is 6.00. The molecule has 0 bridgehead atoms. The summed E-state index contributed by atoms with van der Waals surface area (Å²) in [6.45, 7) is 3.48. The Morgan fingerprint density at radius 2 is 1.94 bits per heavy atom. The Kier molecular flexibility index (Phi) is 8.98. The van der Waals surface area contributed by atoms with E-state index in [9.17, 15) is 14.4 Å². The van der Waals surface area contributed by atoms with Crippen molar-refractivity contribution in [1.82, 2.24) is 19.7 Å². The van der Waals surface area contributed by atoms with Gasteiger partial charge in [0.15, 0.2) is 17.1 Å². The van der Waals surface area contributed by atoms with Crippen LogP contribution in [0.3, 0.4) is 0 Å². The number of nitrogens with zero attached hydrogens (tertiary/aromatic N) is 4. The summed E-state index contributed by atoms with van der Waals surface area (Å²) in [5.74, 6) is -0.179. The molecule has 1 aromatic carbocycles. The summed E-state index contributed by atoms with van der Waals surface area (Å²) in [6.07, 6.45) is -0.435. The van der Waals surface area contributed by atoms with Crippen LogP contribution in [0.1, 0.15) is 44.4 Å². The molecule has 2 heterocycles. The number of para-hydroxylation sites is 1. The Balaban J connectivity index is 1.70. The van der Waals surface area contributed by atoms with Crippen molar-refractivity contribution in [3.63, 3.8) is 0 Å². The molecule has 0 aliphatic rings. The number of thiophene rings is 1. The minimum absolute atomic E-state index is 0.000243. The number of aromatic nitrogens is 3. The molecule has 192 valence electrons. The van der Waals surface area contributed by atoms with E-state index >= 15 is 0 Å². The molecular formula is C23H26ClN5O5S2. The lowest BCUT2D eigenvalue weighted by atomic mass is 10.1. The number of carbonyl (C=O) groups is 3. The summed E-state index contributed by atoms with van der Waals surface area (Å²) in [6, 6.07) is 7.14. The predicted octanol–water partition coefficient (Wildman–Crippen LogP) is 4.20. The van der Waals surface area contributed by atoms with Crippen molar-refractivity contribution in [2.45, 2.75) is 25.1 Å². The van der Waals surface area contributed by atoms with E-state index in [1.807, 2.05) is 19.1 Å². The fraction of sp³-hybridized carbons (Fsp3) is 0.348. The molecule has 2 aromatic heterocycles. The number of hydrogen-bond acceptors (Lipinski definition) is 9. The molecule has 1 unspecified atom stereocenters. The third-order valence-electron chi connectivity index (χ3n) is 5.09. The normalized spacial score (nSPS) is 11.6. The molecule has 13 heteroatoms. The second kappa shape index (κ2) is 11.8. The minimum atomic E-state index is -0.630. The van der Waals surface area contributed by atoms with Crippen molar-refractivity contribution in [2.75, 3.05) is 32.3 Å². The van der Waals surface area contributed by atoms with Gasteiger partial charge in [0.1, 0.15) is 10.8 Å². The van der Waals surface area contributed by atoms with Crippen molar-refractivity contribution in [3.05, 3.63) is 51.1 Å². The van der Waals surface area contributed by atoms with Gasteiger partial charge in [0.05, 0.1) is 28.3 Å². The number of carbonyl (C=O) groups excluding carboxylic acids is 3. The molecule has 3 aromatic rings. The average molecular weight is 552 g/mol. The van der Waals surface area contributed by atoms with Crippen molar-refractivity contribution in [2.24, 2.45) is 7.05 Å². The summed E-state index contributed by atoms with van der Waals surface area (Å²) in [5.41, 5.74) is 0.622. The maximum absolute atomic E-state index is 12.7. The van der Waals surface area contributed by atoms with Crippen LogP contribution in [-0.4, -0.2) is 64.4 Å². The van der Waals surface area contributed by atoms with E-state index in [2.05, 4.69) is 15.5 Å². The Labute approximate surface area is 221 Å². The topological polar surface area (TPSA) is 116 Å². The van der Waals surface area contributed by atoms with Gasteiger partial charge in [0.2, 0.25) is 5.91 Å². The van der Waals surface area contributed by atoms with Crippen LogP contribution in [0, 0.1) is 6.92 Å². The molecule has 0 aliphatic heterocycles. The largest absolute Gasteiger partial charge is 0.481 e. The average Bonchev–Trinajstić information content (AvgIpc) is 3.37. The van der Waals surface area contributed by atoms with Gasteiger partial charge in [-0.05, 0) is 31.5 Å². The van der Waals surface area contributed by atoms with E-state index < -0.39 is 12.1 Å². The number of rotatable bonds is 9. The number of methoxy groups -OCH3 is 1. The number of anilines is 1. The van der Waals surface area contributed by atoms with Crippen LogP contribution >= 0.6 is 34.7 Å². The lowest BCUT2D eigenvalue weighted by molar-refractivity contribution is -0.113. The number of amides is 2. The second-order valence-corrected chi connectivity index (χ2v) is 10.2. The third-order valence-corrected chi connectivity index (χ3v) is 7.62. The van der Waals surface area contributed by atoms with Gasteiger partial charge in [-0.1, -0.05) is 35.5 Å². The Bertz CT molecular complexity index is 1290. The molecule has 36 heavy (non-hydrogen) atoms. The van der Waals surface area contributed by atoms with Gasteiger partial charge in [-0.2, -0.15) is 0 Å². The van der Waals surface area contributed by atoms with E-state index in [1.54, 1.807) is 44.8 Å². The molecule has 2 amide bonds. The van der Waals surface area contributed by atoms with Gasteiger partial charge in [0.25, 0.3) is 5.91 Å². The van der Waals surface area contributed by atoms with E-state index in [0.717, 1.165) is 11.3 Å². The zero-order valence-corrected chi connectivity index (χ0v) is 23.0. The van der Waals surface area contributed by atoms with Gasteiger partial charge < -0.3 is 24.3 Å². The quantitative estimate of drug-likeness (QED) is 0.311. The lowest BCUT2D eigenvalue weighted by Gasteiger charge is -2.15. The fourth-order valence-electron chi connectivity index (χ4n) is 3.24. The van der Waals surface area contributed by atoms with Gasteiger partial charge in [-0.3, -0.25) is 9.59 Å². The van der Waals surface area contributed by atoms with Crippen molar-refractivity contribution < 1.29 is 23.9 Å². The monoisotopic (exact) mass is 551 g/mol. The standard InChI is InChI=1S/C23H26ClN5O5S2/c1-12-17(22(32)33-6)20(36-18(12)21(31)28(3)4)25-16(30)11-35-23-27-26-19(29(23)5)13(2)34-15-10-8-7-9-14(15)24/h7-10,13H,11H2,1-6H3,(H,25,30). The van der Waals surface area contributed by atoms with Crippen molar-refractivity contribution >= 4 is 57.5 Å². The first kappa shape index (κ1) is 27.5. The van der Waals surface area contributed by atoms with Crippen LogP contribution in [0.4, 0.5) is 5.00 Å². The number of halogens is 1. The first-order valence-corrected chi connectivity index (χ1v) is 12.9. The van der Waals surface area contributed by atoms with Crippen molar-refractivity contribution in [1.29, 1.82) is 0 Å². The maximum Gasteiger partial charge on any atom is 0.341 e. The molecule has 0 radical (unpaired) electrons. The smallest absolute Gasteiger partial charge is 0.341 e. The van der Waals surface area contributed by atoms with Gasteiger partial charge in [0, 0.05) is 21.1 Å². The van der Waals surface area contributed by atoms with Crippen LogP contribution in [0.15, 0.2) is 29.4 Å². The number of hydrogen-bond donors (Lipinski definition) is 1. The Morgan fingerprint density at radius 3 is 2.58 bits per heavy atom. The highest BCUT2D eigenvalue weighted by molar-refractivity contribution is 7.99. The number of thioether (sulfide) groups is 1.